The van der Waals surface area contributed by atoms with Crippen LogP contribution in [-0.4, -0.2) is 40.4 Å². The van der Waals surface area contributed by atoms with Crippen LogP contribution in [0.1, 0.15) is 19.7 Å². The standard InChI is InChI=1S/C20H22N4O3/c1-14-11-24(12-15(2)26-14)19-9-8-16(10-21-19)20-22-18(23-27-20)13-25-17-6-4-3-5-7-17/h3-10,14-15H,11-13H2,1-2H3/t14-,15+. The first-order chi connectivity index (χ1) is 13.2. The molecule has 4 rings (SSSR count). The van der Waals surface area contributed by atoms with E-state index in [2.05, 4.69) is 33.9 Å². The van der Waals surface area contributed by atoms with Crippen molar-refractivity contribution in [3.05, 3.63) is 54.5 Å². The molecule has 1 aromatic carbocycles. The molecule has 1 saturated heterocycles. The summed E-state index contributed by atoms with van der Waals surface area (Å²) in [5.41, 5.74) is 0.784. The van der Waals surface area contributed by atoms with Gasteiger partial charge in [0.15, 0.2) is 6.61 Å². The van der Waals surface area contributed by atoms with E-state index in [4.69, 9.17) is 14.0 Å². The third kappa shape index (κ3) is 4.25. The van der Waals surface area contributed by atoms with Gasteiger partial charge in [-0.25, -0.2) is 4.98 Å². The summed E-state index contributed by atoms with van der Waals surface area (Å²) in [6.45, 7) is 6.07. The fraction of sp³-hybridized carbons (Fsp3) is 0.350. The highest BCUT2D eigenvalue weighted by Crippen LogP contribution is 2.22. The maximum atomic E-state index is 5.77. The number of morpholine rings is 1. The van der Waals surface area contributed by atoms with Crippen LogP contribution in [0.2, 0.25) is 0 Å². The summed E-state index contributed by atoms with van der Waals surface area (Å²) in [4.78, 5) is 11.2. The van der Waals surface area contributed by atoms with E-state index in [1.807, 2.05) is 42.5 Å². The Kier molecular flexibility index (Phi) is 5.02. The van der Waals surface area contributed by atoms with Crippen molar-refractivity contribution in [1.82, 2.24) is 15.1 Å². The summed E-state index contributed by atoms with van der Waals surface area (Å²) in [6.07, 6.45) is 2.15. The van der Waals surface area contributed by atoms with Crippen LogP contribution < -0.4 is 9.64 Å². The Labute approximate surface area is 157 Å². The van der Waals surface area contributed by atoms with E-state index in [0.717, 1.165) is 30.2 Å². The molecular formula is C20H22N4O3. The van der Waals surface area contributed by atoms with Gasteiger partial charge in [0, 0.05) is 19.3 Å². The molecule has 1 aliphatic heterocycles. The van der Waals surface area contributed by atoms with Crippen LogP contribution >= 0.6 is 0 Å². The van der Waals surface area contributed by atoms with Gasteiger partial charge in [-0.3, -0.25) is 0 Å². The van der Waals surface area contributed by atoms with Gasteiger partial charge in [0.25, 0.3) is 5.89 Å². The van der Waals surface area contributed by atoms with Crippen LogP contribution in [0.5, 0.6) is 5.75 Å². The van der Waals surface area contributed by atoms with Gasteiger partial charge in [-0.15, -0.1) is 0 Å². The molecule has 0 unspecified atom stereocenters. The van der Waals surface area contributed by atoms with Crippen molar-refractivity contribution in [3.63, 3.8) is 0 Å². The normalized spacial score (nSPS) is 19.9. The van der Waals surface area contributed by atoms with E-state index in [1.165, 1.54) is 0 Å². The lowest BCUT2D eigenvalue weighted by molar-refractivity contribution is -0.00545. The zero-order chi connectivity index (χ0) is 18.6. The molecule has 2 aromatic heterocycles. The van der Waals surface area contributed by atoms with Crippen LogP contribution in [0.15, 0.2) is 53.2 Å². The number of aromatic nitrogens is 3. The SMILES string of the molecule is C[C@@H]1CN(c2ccc(-c3nc(COc4ccccc4)no3)cn2)C[C@H](C)O1. The predicted octanol–water partition coefficient (Wildman–Crippen LogP) is 3.32. The Morgan fingerprint density at radius 3 is 2.56 bits per heavy atom. The lowest BCUT2D eigenvalue weighted by Crippen LogP contribution is -2.45. The molecule has 0 bridgehead atoms. The van der Waals surface area contributed by atoms with Crippen molar-refractivity contribution in [3.8, 4) is 17.2 Å². The van der Waals surface area contributed by atoms with Crippen LogP contribution in [0.4, 0.5) is 5.82 Å². The highest BCUT2D eigenvalue weighted by molar-refractivity contribution is 5.54. The maximum Gasteiger partial charge on any atom is 0.259 e. The number of anilines is 1. The Morgan fingerprint density at radius 1 is 1.07 bits per heavy atom. The minimum Gasteiger partial charge on any atom is -0.485 e. The zero-order valence-electron chi connectivity index (χ0n) is 15.4. The van der Waals surface area contributed by atoms with E-state index in [9.17, 15) is 0 Å². The second kappa shape index (κ2) is 7.75. The van der Waals surface area contributed by atoms with E-state index >= 15 is 0 Å². The van der Waals surface area contributed by atoms with Gasteiger partial charge >= 0.3 is 0 Å². The molecule has 7 heteroatoms. The molecule has 1 fully saturated rings. The second-order valence-corrected chi connectivity index (χ2v) is 6.68. The van der Waals surface area contributed by atoms with Crippen molar-refractivity contribution in [1.29, 1.82) is 0 Å². The number of hydrogen-bond acceptors (Lipinski definition) is 7. The number of benzene rings is 1. The molecule has 3 aromatic rings. The third-order valence-electron chi connectivity index (χ3n) is 4.32. The lowest BCUT2D eigenvalue weighted by atomic mass is 10.2. The summed E-state index contributed by atoms with van der Waals surface area (Å²) < 4.78 is 16.8. The average Bonchev–Trinajstić information content (AvgIpc) is 3.16. The predicted molar refractivity (Wildman–Crippen MR) is 101 cm³/mol. The summed E-state index contributed by atoms with van der Waals surface area (Å²) >= 11 is 0. The first-order valence-electron chi connectivity index (χ1n) is 9.04. The molecule has 2 atom stereocenters. The number of rotatable bonds is 5. The van der Waals surface area contributed by atoms with E-state index in [0.29, 0.717) is 11.7 Å². The van der Waals surface area contributed by atoms with Crippen LogP contribution in [0.25, 0.3) is 11.5 Å². The quantitative estimate of drug-likeness (QED) is 0.686. The van der Waals surface area contributed by atoms with Crippen molar-refractivity contribution in [2.75, 3.05) is 18.0 Å². The summed E-state index contributed by atoms with van der Waals surface area (Å²) in [7, 11) is 0. The van der Waals surface area contributed by atoms with Gasteiger partial charge < -0.3 is 18.9 Å². The van der Waals surface area contributed by atoms with Crippen molar-refractivity contribution in [2.24, 2.45) is 0 Å². The first kappa shape index (κ1) is 17.5. The Bertz CT molecular complexity index is 856. The molecule has 7 nitrogen and oxygen atoms in total. The van der Waals surface area contributed by atoms with Crippen LogP contribution in [0, 0.1) is 0 Å². The molecule has 0 spiro atoms. The van der Waals surface area contributed by atoms with Crippen molar-refractivity contribution in [2.45, 2.75) is 32.7 Å². The monoisotopic (exact) mass is 366 g/mol. The Balaban J connectivity index is 1.41. The molecule has 1 aliphatic rings. The highest BCUT2D eigenvalue weighted by Gasteiger charge is 2.23. The van der Waals surface area contributed by atoms with Crippen molar-refractivity contribution < 1.29 is 14.0 Å². The molecule has 0 saturated carbocycles. The maximum absolute atomic E-state index is 5.77. The molecule has 0 amide bonds. The Morgan fingerprint density at radius 2 is 1.85 bits per heavy atom. The minimum atomic E-state index is 0.193. The van der Waals surface area contributed by atoms with Crippen molar-refractivity contribution >= 4 is 5.82 Å². The smallest absolute Gasteiger partial charge is 0.259 e. The lowest BCUT2D eigenvalue weighted by Gasteiger charge is -2.36. The van der Waals surface area contributed by atoms with Gasteiger partial charge in [0.1, 0.15) is 11.6 Å². The van der Waals surface area contributed by atoms with E-state index < -0.39 is 0 Å². The van der Waals surface area contributed by atoms with Crippen LogP contribution in [-0.2, 0) is 11.3 Å². The number of para-hydroxylation sites is 1. The molecule has 140 valence electrons. The first-order valence-corrected chi connectivity index (χ1v) is 9.04. The van der Waals surface area contributed by atoms with Gasteiger partial charge in [0.2, 0.25) is 5.82 Å². The number of hydrogen-bond donors (Lipinski definition) is 0. The molecule has 0 radical (unpaired) electrons. The number of ether oxygens (including phenoxy) is 2. The van der Waals surface area contributed by atoms with Gasteiger partial charge in [-0.05, 0) is 38.1 Å². The zero-order valence-corrected chi connectivity index (χ0v) is 15.4. The van der Waals surface area contributed by atoms with E-state index in [-0.39, 0.29) is 18.8 Å². The second-order valence-electron chi connectivity index (χ2n) is 6.68. The summed E-state index contributed by atoms with van der Waals surface area (Å²) in [6, 6.07) is 13.5. The minimum absolute atomic E-state index is 0.193. The molecule has 0 N–H and O–H groups in total. The van der Waals surface area contributed by atoms with Crippen LogP contribution in [0.3, 0.4) is 0 Å². The van der Waals surface area contributed by atoms with Gasteiger partial charge in [-0.1, -0.05) is 23.4 Å². The average molecular weight is 366 g/mol. The van der Waals surface area contributed by atoms with E-state index in [1.54, 1.807) is 6.20 Å². The van der Waals surface area contributed by atoms with Gasteiger partial charge in [0.05, 0.1) is 17.8 Å². The molecule has 3 heterocycles. The summed E-state index contributed by atoms with van der Waals surface area (Å²) in [5, 5.41) is 3.97. The van der Waals surface area contributed by atoms with Gasteiger partial charge in [-0.2, -0.15) is 4.98 Å². The number of nitrogens with zero attached hydrogens (tertiary/aromatic N) is 4. The summed E-state index contributed by atoms with van der Waals surface area (Å²) in [5.74, 6) is 2.62. The fourth-order valence-electron chi connectivity index (χ4n) is 3.16. The number of pyridine rings is 1. The molecular weight excluding hydrogens is 344 g/mol. The fourth-order valence-corrected chi connectivity index (χ4v) is 3.16. The molecule has 0 aliphatic carbocycles. The highest BCUT2D eigenvalue weighted by atomic mass is 16.5. The largest absolute Gasteiger partial charge is 0.485 e. The Hall–Kier alpha value is -2.93. The molecule has 27 heavy (non-hydrogen) atoms. The topological polar surface area (TPSA) is 73.5 Å². The third-order valence-corrected chi connectivity index (χ3v) is 4.32.